The molecule has 2 rings (SSSR count). The highest BCUT2D eigenvalue weighted by Crippen LogP contribution is 2.44. The second-order valence-electron chi connectivity index (χ2n) is 3.68. The highest BCUT2D eigenvalue weighted by atomic mass is 35.5. The van der Waals surface area contributed by atoms with E-state index in [1.54, 1.807) is 6.07 Å². The SMILES string of the molecule is CC1(C)Sc2cccc(Cl)c2NC1=O. The van der Waals surface area contributed by atoms with E-state index in [1.165, 1.54) is 11.8 Å². The summed E-state index contributed by atoms with van der Waals surface area (Å²) >= 11 is 7.51. The lowest BCUT2D eigenvalue weighted by atomic mass is 10.1. The van der Waals surface area contributed by atoms with Gasteiger partial charge in [0.25, 0.3) is 0 Å². The minimum absolute atomic E-state index is 0.00287. The van der Waals surface area contributed by atoms with E-state index in [4.69, 9.17) is 11.6 Å². The molecular formula is C10H10ClNOS. The molecule has 0 radical (unpaired) electrons. The van der Waals surface area contributed by atoms with Gasteiger partial charge in [0.05, 0.1) is 15.5 Å². The van der Waals surface area contributed by atoms with Gasteiger partial charge in [-0.1, -0.05) is 17.7 Å². The number of thioether (sulfide) groups is 1. The molecule has 0 saturated heterocycles. The van der Waals surface area contributed by atoms with E-state index >= 15 is 0 Å². The summed E-state index contributed by atoms with van der Waals surface area (Å²) in [5, 5.41) is 3.42. The van der Waals surface area contributed by atoms with Gasteiger partial charge in [-0.25, -0.2) is 0 Å². The topological polar surface area (TPSA) is 29.1 Å². The summed E-state index contributed by atoms with van der Waals surface area (Å²) in [5.41, 5.74) is 0.739. The Morgan fingerprint density at radius 1 is 1.43 bits per heavy atom. The summed E-state index contributed by atoms with van der Waals surface area (Å²) in [6, 6.07) is 5.63. The first-order chi connectivity index (χ1) is 6.50. The fourth-order valence-corrected chi connectivity index (χ4v) is 2.68. The van der Waals surface area contributed by atoms with E-state index in [2.05, 4.69) is 5.32 Å². The number of carbonyl (C=O) groups is 1. The minimum Gasteiger partial charge on any atom is -0.323 e. The van der Waals surface area contributed by atoms with Crippen molar-refractivity contribution in [2.45, 2.75) is 23.5 Å². The zero-order valence-corrected chi connectivity index (χ0v) is 9.50. The fourth-order valence-electron chi connectivity index (χ4n) is 1.30. The third kappa shape index (κ3) is 1.51. The summed E-state index contributed by atoms with van der Waals surface area (Å²) < 4.78 is -0.419. The summed E-state index contributed by atoms with van der Waals surface area (Å²) in [5.74, 6) is 0.00287. The largest absolute Gasteiger partial charge is 0.323 e. The normalized spacial score (nSPS) is 18.6. The van der Waals surface area contributed by atoms with Crippen LogP contribution in [-0.2, 0) is 4.79 Å². The average Bonchev–Trinajstić information content (AvgIpc) is 2.08. The molecule has 0 spiro atoms. The van der Waals surface area contributed by atoms with Gasteiger partial charge in [-0.05, 0) is 26.0 Å². The van der Waals surface area contributed by atoms with Crippen LogP contribution in [0, 0.1) is 0 Å². The molecule has 74 valence electrons. The van der Waals surface area contributed by atoms with Gasteiger partial charge in [0.1, 0.15) is 0 Å². The van der Waals surface area contributed by atoms with Crippen LogP contribution in [0.1, 0.15) is 13.8 Å². The maximum atomic E-state index is 11.6. The Balaban J connectivity index is 2.51. The Kier molecular flexibility index (Phi) is 2.24. The van der Waals surface area contributed by atoms with E-state index < -0.39 is 4.75 Å². The monoisotopic (exact) mass is 227 g/mol. The van der Waals surface area contributed by atoms with E-state index in [0.29, 0.717) is 5.02 Å². The number of anilines is 1. The Bertz CT molecular complexity index is 403. The van der Waals surface area contributed by atoms with Gasteiger partial charge in [0, 0.05) is 4.90 Å². The maximum Gasteiger partial charge on any atom is 0.240 e. The number of hydrogen-bond acceptors (Lipinski definition) is 2. The van der Waals surface area contributed by atoms with E-state index in [1.807, 2.05) is 26.0 Å². The molecule has 14 heavy (non-hydrogen) atoms. The number of carbonyl (C=O) groups excluding carboxylic acids is 1. The predicted octanol–water partition coefficient (Wildman–Crippen LogP) is 3.16. The average molecular weight is 228 g/mol. The Hall–Kier alpha value is -0.670. The number of amides is 1. The van der Waals surface area contributed by atoms with Crippen LogP contribution in [0.3, 0.4) is 0 Å². The van der Waals surface area contributed by atoms with Crippen LogP contribution in [-0.4, -0.2) is 10.7 Å². The van der Waals surface area contributed by atoms with E-state index in [0.717, 1.165) is 10.6 Å². The minimum atomic E-state index is -0.419. The van der Waals surface area contributed by atoms with Crippen LogP contribution in [0.4, 0.5) is 5.69 Å². The van der Waals surface area contributed by atoms with Crippen molar-refractivity contribution in [2.24, 2.45) is 0 Å². The quantitative estimate of drug-likeness (QED) is 0.738. The molecule has 1 aliphatic rings. The lowest BCUT2D eigenvalue weighted by Crippen LogP contribution is -2.37. The van der Waals surface area contributed by atoms with Crippen molar-refractivity contribution in [1.82, 2.24) is 0 Å². The zero-order valence-electron chi connectivity index (χ0n) is 7.93. The molecule has 1 aromatic rings. The molecule has 1 N–H and O–H groups in total. The van der Waals surface area contributed by atoms with Crippen molar-refractivity contribution >= 4 is 35.0 Å². The number of halogens is 1. The lowest BCUT2D eigenvalue weighted by Gasteiger charge is -2.30. The molecule has 0 fully saturated rings. The van der Waals surface area contributed by atoms with Crippen molar-refractivity contribution in [2.75, 3.05) is 5.32 Å². The second-order valence-corrected chi connectivity index (χ2v) is 5.75. The van der Waals surface area contributed by atoms with Crippen LogP contribution in [0.25, 0.3) is 0 Å². The number of para-hydroxylation sites is 1. The third-order valence-corrected chi connectivity index (χ3v) is 3.70. The summed E-state index contributed by atoms with van der Waals surface area (Å²) in [6.07, 6.45) is 0. The summed E-state index contributed by atoms with van der Waals surface area (Å²) in [7, 11) is 0. The molecule has 4 heteroatoms. The Morgan fingerprint density at radius 3 is 2.86 bits per heavy atom. The van der Waals surface area contributed by atoms with Gasteiger partial charge in [-0.3, -0.25) is 4.79 Å². The molecular weight excluding hydrogens is 218 g/mol. The van der Waals surface area contributed by atoms with Crippen molar-refractivity contribution < 1.29 is 4.79 Å². The molecule has 0 atom stereocenters. The Morgan fingerprint density at radius 2 is 2.14 bits per heavy atom. The molecule has 0 saturated carbocycles. The third-order valence-electron chi connectivity index (χ3n) is 2.13. The molecule has 1 aliphatic heterocycles. The van der Waals surface area contributed by atoms with Crippen molar-refractivity contribution in [3.8, 4) is 0 Å². The first-order valence-electron chi connectivity index (χ1n) is 4.30. The van der Waals surface area contributed by atoms with Gasteiger partial charge in [-0.2, -0.15) is 0 Å². The number of nitrogens with one attached hydrogen (secondary N) is 1. The molecule has 0 unspecified atom stereocenters. The highest BCUT2D eigenvalue weighted by Gasteiger charge is 2.34. The number of hydrogen-bond donors (Lipinski definition) is 1. The maximum absolute atomic E-state index is 11.6. The van der Waals surface area contributed by atoms with E-state index in [-0.39, 0.29) is 5.91 Å². The number of rotatable bonds is 0. The predicted molar refractivity (Wildman–Crippen MR) is 60.0 cm³/mol. The molecule has 0 aromatic heterocycles. The lowest BCUT2D eigenvalue weighted by molar-refractivity contribution is -0.117. The summed E-state index contributed by atoms with van der Waals surface area (Å²) in [6.45, 7) is 3.80. The molecule has 2 nitrogen and oxygen atoms in total. The van der Waals surface area contributed by atoms with Crippen LogP contribution < -0.4 is 5.32 Å². The smallest absolute Gasteiger partial charge is 0.240 e. The van der Waals surface area contributed by atoms with Crippen molar-refractivity contribution in [3.05, 3.63) is 23.2 Å². The number of fused-ring (bicyclic) bond motifs is 1. The standard InChI is InChI=1S/C10H10ClNOS/c1-10(2)9(13)12-8-6(11)4-3-5-7(8)14-10/h3-5H,1-2H3,(H,12,13). The number of benzene rings is 1. The van der Waals surface area contributed by atoms with Crippen molar-refractivity contribution in [3.63, 3.8) is 0 Å². The van der Waals surface area contributed by atoms with Crippen LogP contribution in [0.5, 0.6) is 0 Å². The highest BCUT2D eigenvalue weighted by molar-refractivity contribution is 8.01. The van der Waals surface area contributed by atoms with Gasteiger partial charge in [0.2, 0.25) is 5.91 Å². The molecule has 0 bridgehead atoms. The van der Waals surface area contributed by atoms with Gasteiger partial charge >= 0.3 is 0 Å². The fraction of sp³-hybridized carbons (Fsp3) is 0.300. The Labute approximate surface area is 92.0 Å². The van der Waals surface area contributed by atoms with Crippen LogP contribution in [0.2, 0.25) is 5.02 Å². The van der Waals surface area contributed by atoms with Gasteiger partial charge < -0.3 is 5.32 Å². The van der Waals surface area contributed by atoms with Crippen LogP contribution >= 0.6 is 23.4 Å². The first-order valence-corrected chi connectivity index (χ1v) is 5.49. The molecule has 0 aliphatic carbocycles. The summed E-state index contributed by atoms with van der Waals surface area (Å²) in [4.78, 5) is 12.7. The second kappa shape index (κ2) is 3.17. The zero-order chi connectivity index (χ0) is 10.3. The van der Waals surface area contributed by atoms with Crippen LogP contribution in [0.15, 0.2) is 23.1 Å². The van der Waals surface area contributed by atoms with E-state index in [9.17, 15) is 4.79 Å². The first kappa shape index (κ1) is 9.87. The molecule has 1 heterocycles. The van der Waals surface area contributed by atoms with Gasteiger partial charge in [0.15, 0.2) is 0 Å². The molecule has 1 amide bonds. The van der Waals surface area contributed by atoms with Crippen molar-refractivity contribution in [1.29, 1.82) is 0 Å². The van der Waals surface area contributed by atoms with Gasteiger partial charge in [-0.15, -0.1) is 11.8 Å². The molecule has 1 aromatic carbocycles.